The van der Waals surface area contributed by atoms with Crippen molar-refractivity contribution in [1.29, 1.82) is 0 Å². The molecule has 1 rings (SSSR count). The first-order valence-electron chi connectivity index (χ1n) is 7.27. The van der Waals surface area contributed by atoms with Crippen LogP contribution in [0, 0.1) is 11.8 Å². The Hall–Kier alpha value is -1.26. The van der Waals surface area contributed by atoms with E-state index in [2.05, 4.69) is 12.2 Å². The van der Waals surface area contributed by atoms with Crippen LogP contribution in [0.1, 0.15) is 46.5 Å². The quantitative estimate of drug-likeness (QED) is 0.778. The molecule has 3 atom stereocenters. The molecule has 0 aliphatic carbocycles. The van der Waals surface area contributed by atoms with E-state index in [-0.39, 0.29) is 11.9 Å². The fraction of sp³-hybridized carbons (Fsp3) is 0.857. The van der Waals surface area contributed by atoms with Crippen molar-refractivity contribution >= 4 is 12.0 Å². The van der Waals surface area contributed by atoms with Gasteiger partial charge in [0.1, 0.15) is 6.04 Å². The van der Waals surface area contributed by atoms with Gasteiger partial charge in [0, 0.05) is 13.1 Å². The van der Waals surface area contributed by atoms with Crippen LogP contribution in [0.25, 0.3) is 0 Å². The summed E-state index contributed by atoms with van der Waals surface area (Å²) in [7, 11) is 0. The van der Waals surface area contributed by atoms with Crippen LogP contribution in [0.2, 0.25) is 0 Å². The third-order valence-electron chi connectivity index (χ3n) is 4.03. The lowest BCUT2D eigenvalue weighted by atomic mass is 9.99. The normalized spacial score (nSPS) is 22.1. The first kappa shape index (κ1) is 15.8. The van der Waals surface area contributed by atoms with Crippen molar-refractivity contribution < 1.29 is 14.7 Å². The minimum Gasteiger partial charge on any atom is -0.480 e. The number of aliphatic carboxylic acids is 1. The molecule has 19 heavy (non-hydrogen) atoms. The second kappa shape index (κ2) is 7.36. The summed E-state index contributed by atoms with van der Waals surface area (Å²) in [5.41, 5.74) is 0. The van der Waals surface area contributed by atoms with Crippen molar-refractivity contribution in [3.8, 4) is 0 Å². The van der Waals surface area contributed by atoms with Gasteiger partial charge in [0.05, 0.1) is 0 Å². The second-order valence-electron chi connectivity index (χ2n) is 5.54. The van der Waals surface area contributed by atoms with Gasteiger partial charge < -0.3 is 15.3 Å². The molecule has 2 N–H and O–H groups in total. The number of rotatable bonds is 6. The average molecular weight is 270 g/mol. The molecule has 5 heteroatoms. The second-order valence-corrected chi connectivity index (χ2v) is 5.54. The van der Waals surface area contributed by atoms with Crippen molar-refractivity contribution in [2.45, 2.75) is 52.5 Å². The van der Waals surface area contributed by atoms with Crippen molar-refractivity contribution in [3.05, 3.63) is 0 Å². The minimum absolute atomic E-state index is 0.0597. The Morgan fingerprint density at radius 2 is 2.11 bits per heavy atom. The van der Waals surface area contributed by atoms with Crippen LogP contribution in [0.5, 0.6) is 0 Å². The zero-order valence-corrected chi connectivity index (χ0v) is 12.2. The number of carbonyl (C=O) groups is 2. The number of urea groups is 1. The summed E-state index contributed by atoms with van der Waals surface area (Å²) < 4.78 is 0. The number of nitrogens with zero attached hydrogens (tertiary/aromatic N) is 1. The van der Waals surface area contributed by atoms with E-state index in [0.29, 0.717) is 5.92 Å². The number of carbonyl (C=O) groups excluding carboxylic acids is 1. The predicted octanol–water partition coefficient (Wildman–Crippen LogP) is 2.32. The van der Waals surface area contributed by atoms with Gasteiger partial charge in [-0.05, 0) is 24.7 Å². The molecule has 0 spiro atoms. The molecular formula is C14H26N2O3. The third-order valence-corrected chi connectivity index (χ3v) is 4.03. The molecular weight excluding hydrogens is 244 g/mol. The Morgan fingerprint density at radius 3 is 2.63 bits per heavy atom. The van der Waals surface area contributed by atoms with E-state index in [4.69, 9.17) is 5.11 Å². The van der Waals surface area contributed by atoms with Crippen molar-refractivity contribution in [1.82, 2.24) is 10.2 Å². The zero-order chi connectivity index (χ0) is 14.4. The molecule has 1 heterocycles. The average Bonchev–Trinajstić information content (AvgIpc) is 2.83. The van der Waals surface area contributed by atoms with E-state index in [9.17, 15) is 9.59 Å². The van der Waals surface area contributed by atoms with E-state index < -0.39 is 12.0 Å². The molecule has 0 aromatic carbocycles. The molecule has 0 saturated carbocycles. The lowest BCUT2D eigenvalue weighted by molar-refractivity contribution is -0.140. The number of amides is 2. The van der Waals surface area contributed by atoms with E-state index in [0.717, 1.165) is 38.8 Å². The lowest BCUT2D eigenvalue weighted by Gasteiger charge is -2.24. The number of hydrogen-bond acceptors (Lipinski definition) is 2. The molecule has 5 nitrogen and oxygen atoms in total. The number of carboxylic acid groups (broad SMARTS) is 1. The standard InChI is InChI=1S/C14H26N2O3/c1-4-6-11-7-8-16(9-11)14(19)15-12(13(17)18)10(3)5-2/h10-12H,4-9H2,1-3H3,(H,15,19)(H,17,18). The fourth-order valence-corrected chi connectivity index (χ4v) is 2.57. The number of hydrogen-bond donors (Lipinski definition) is 2. The highest BCUT2D eigenvalue weighted by Crippen LogP contribution is 2.21. The summed E-state index contributed by atoms with van der Waals surface area (Å²) in [6.45, 7) is 7.42. The van der Waals surface area contributed by atoms with Gasteiger partial charge in [-0.15, -0.1) is 0 Å². The van der Waals surface area contributed by atoms with E-state index in [1.165, 1.54) is 0 Å². The Morgan fingerprint density at radius 1 is 1.42 bits per heavy atom. The van der Waals surface area contributed by atoms with Gasteiger partial charge >= 0.3 is 12.0 Å². The maximum atomic E-state index is 12.1. The summed E-state index contributed by atoms with van der Waals surface area (Å²) >= 11 is 0. The molecule has 1 saturated heterocycles. The van der Waals surface area contributed by atoms with Gasteiger partial charge in [0.25, 0.3) is 0 Å². The van der Waals surface area contributed by atoms with Crippen LogP contribution >= 0.6 is 0 Å². The first-order chi connectivity index (χ1) is 8.99. The van der Waals surface area contributed by atoms with Gasteiger partial charge in [0.15, 0.2) is 0 Å². The summed E-state index contributed by atoms with van der Waals surface area (Å²) in [5, 5.41) is 11.8. The number of likely N-dealkylation sites (tertiary alicyclic amines) is 1. The largest absolute Gasteiger partial charge is 0.480 e. The Bertz CT molecular complexity index is 320. The maximum absolute atomic E-state index is 12.1. The summed E-state index contributed by atoms with van der Waals surface area (Å²) in [6.07, 6.45) is 4.03. The molecule has 1 fully saturated rings. The van der Waals surface area contributed by atoms with Crippen LogP contribution in [0.3, 0.4) is 0 Å². The SMILES string of the molecule is CCCC1CCN(C(=O)NC(C(=O)O)C(C)CC)C1. The van der Waals surface area contributed by atoms with Crippen LogP contribution in [-0.4, -0.2) is 41.1 Å². The molecule has 110 valence electrons. The van der Waals surface area contributed by atoms with Gasteiger partial charge in [-0.1, -0.05) is 33.6 Å². The topological polar surface area (TPSA) is 69.6 Å². The van der Waals surface area contributed by atoms with Crippen LogP contribution in [0.4, 0.5) is 4.79 Å². The highest BCUT2D eigenvalue weighted by molar-refractivity contribution is 5.82. The van der Waals surface area contributed by atoms with Gasteiger partial charge in [-0.2, -0.15) is 0 Å². The van der Waals surface area contributed by atoms with Crippen LogP contribution in [0.15, 0.2) is 0 Å². The Kier molecular flexibility index (Phi) is 6.12. The highest BCUT2D eigenvalue weighted by atomic mass is 16.4. The Balaban J connectivity index is 2.51. The van der Waals surface area contributed by atoms with Gasteiger partial charge in [-0.25, -0.2) is 9.59 Å². The van der Waals surface area contributed by atoms with E-state index in [1.807, 2.05) is 13.8 Å². The zero-order valence-electron chi connectivity index (χ0n) is 12.2. The van der Waals surface area contributed by atoms with Crippen molar-refractivity contribution in [2.75, 3.05) is 13.1 Å². The van der Waals surface area contributed by atoms with Crippen molar-refractivity contribution in [2.24, 2.45) is 11.8 Å². The third kappa shape index (κ3) is 4.40. The monoisotopic (exact) mass is 270 g/mol. The maximum Gasteiger partial charge on any atom is 0.326 e. The Labute approximate surface area is 115 Å². The molecule has 0 aromatic rings. The smallest absolute Gasteiger partial charge is 0.326 e. The van der Waals surface area contributed by atoms with Gasteiger partial charge in [-0.3, -0.25) is 0 Å². The number of carboxylic acids is 1. The number of nitrogens with one attached hydrogen (secondary N) is 1. The van der Waals surface area contributed by atoms with E-state index in [1.54, 1.807) is 4.90 Å². The predicted molar refractivity (Wildman–Crippen MR) is 74.0 cm³/mol. The first-order valence-corrected chi connectivity index (χ1v) is 7.27. The fourth-order valence-electron chi connectivity index (χ4n) is 2.57. The highest BCUT2D eigenvalue weighted by Gasteiger charge is 2.30. The summed E-state index contributed by atoms with van der Waals surface area (Å²) in [4.78, 5) is 25.0. The molecule has 0 aromatic heterocycles. The lowest BCUT2D eigenvalue weighted by Crippen LogP contribution is -2.50. The molecule has 3 unspecified atom stereocenters. The van der Waals surface area contributed by atoms with Gasteiger partial charge in [0.2, 0.25) is 0 Å². The molecule has 1 aliphatic heterocycles. The van der Waals surface area contributed by atoms with Crippen LogP contribution in [-0.2, 0) is 4.79 Å². The summed E-state index contributed by atoms with van der Waals surface area (Å²) in [6, 6.07) is -1.02. The molecule has 0 bridgehead atoms. The van der Waals surface area contributed by atoms with E-state index >= 15 is 0 Å². The van der Waals surface area contributed by atoms with Crippen molar-refractivity contribution in [3.63, 3.8) is 0 Å². The molecule has 2 amide bonds. The van der Waals surface area contributed by atoms with Crippen LogP contribution < -0.4 is 5.32 Å². The summed E-state index contributed by atoms with van der Waals surface area (Å²) in [5.74, 6) is -0.440. The molecule has 0 radical (unpaired) electrons. The minimum atomic E-state index is -0.952. The molecule has 1 aliphatic rings.